The molecule has 110 valence electrons. The third-order valence-corrected chi connectivity index (χ3v) is 3.35. The van der Waals surface area contributed by atoms with Crippen molar-refractivity contribution in [3.63, 3.8) is 0 Å². The predicted molar refractivity (Wildman–Crippen MR) is 74.6 cm³/mol. The summed E-state index contributed by atoms with van der Waals surface area (Å²) in [6.07, 6.45) is 0.804. The molecule has 0 saturated heterocycles. The van der Waals surface area contributed by atoms with Crippen LogP contribution in [0.3, 0.4) is 0 Å². The van der Waals surface area contributed by atoms with Crippen LogP contribution in [-0.2, 0) is 19.2 Å². The molecule has 0 bridgehead atoms. The van der Waals surface area contributed by atoms with Crippen LogP contribution in [0.2, 0.25) is 0 Å². The number of hydroxylamine groups is 1. The topological polar surface area (TPSA) is 75.7 Å². The molecule has 0 unspecified atom stereocenters. The third kappa shape index (κ3) is 10.5. The van der Waals surface area contributed by atoms with Gasteiger partial charge in [0.25, 0.3) is 5.91 Å². The number of thioether (sulfide) groups is 1. The maximum absolute atomic E-state index is 11.3. The first-order valence-electron chi connectivity index (χ1n) is 6.36. The minimum atomic E-state index is -0.482. The van der Waals surface area contributed by atoms with Crippen molar-refractivity contribution < 1.29 is 19.2 Å². The van der Waals surface area contributed by atoms with Gasteiger partial charge in [0.2, 0.25) is 0 Å². The fourth-order valence-electron chi connectivity index (χ4n) is 1.27. The van der Waals surface area contributed by atoms with Gasteiger partial charge in [-0.15, -0.1) is 11.8 Å². The molecule has 0 aromatic heterocycles. The van der Waals surface area contributed by atoms with Crippen LogP contribution in [-0.4, -0.2) is 54.2 Å². The first-order valence-corrected chi connectivity index (χ1v) is 7.51. The Morgan fingerprint density at radius 2 is 2.00 bits per heavy atom. The van der Waals surface area contributed by atoms with Gasteiger partial charge in [0.05, 0.1) is 5.75 Å². The molecule has 0 heterocycles. The zero-order valence-electron chi connectivity index (χ0n) is 11.5. The van der Waals surface area contributed by atoms with Crippen molar-refractivity contribution in [3.8, 4) is 0 Å². The summed E-state index contributed by atoms with van der Waals surface area (Å²) >= 11 is 1.47. The highest BCUT2D eigenvalue weighted by Gasteiger charge is 2.07. The summed E-state index contributed by atoms with van der Waals surface area (Å²) in [6.45, 7) is 7.10. The number of nitrogens with one attached hydrogen (secondary N) is 1. The highest BCUT2D eigenvalue weighted by Crippen LogP contribution is 2.01. The average molecular weight is 290 g/mol. The van der Waals surface area contributed by atoms with Crippen LogP contribution in [0.5, 0.6) is 0 Å². The smallest absolute Gasteiger partial charge is 0.340 e. The van der Waals surface area contributed by atoms with Gasteiger partial charge in [-0.3, -0.25) is 4.79 Å². The molecular formula is C12H22N2O4S. The lowest BCUT2D eigenvalue weighted by atomic mass is 10.3. The van der Waals surface area contributed by atoms with Gasteiger partial charge < -0.3 is 14.5 Å². The molecule has 0 saturated carbocycles. The first-order chi connectivity index (χ1) is 9.13. The standard InChI is InChI=1S/C12H22N2O4S/c1-3-14(4-2)7-9-19-10-12(17)18-13-11(16)6-5-8-15/h8H,3-7,9-10H2,1-2H3,(H,13,16). The highest BCUT2D eigenvalue weighted by atomic mass is 32.2. The quantitative estimate of drug-likeness (QED) is 0.361. The number of rotatable bonds is 10. The number of carbonyl (C=O) groups is 3. The minimum Gasteiger partial charge on any atom is -0.340 e. The molecule has 0 aliphatic rings. The van der Waals surface area contributed by atoms with E-state index >= 15 is 0 Å². The molecular weight excluding hydrogens is 268 g/mol. The molecule has 19 heavy (non-hydrogen) atoms. The predicted octanol–water partition coefficient (Wildman–Crippen LogP) is 0.615. The third-order valence-electron chi connectivity index (χ3n) is 2.43. The van der Waals surface area contributed by atoms with Crippen LogP contribution in [0.25, 0.3) is 0 Å². The van der Waals surface area contributed by atoms with Gasteiger partial charge in [0.15, 0.2) is 0 Å². The van der Waals surface area contributed by atoms with Crippen molar-refractivity contribution in [2.24, 2.45) is 0 Å². The van der Waals surface area contributed by atoms with Crippen molar-refractivity contribution >= 4 is 29.9 Å². The Labute approximate surface area is 118 Å². The van der Waals surface area contributed by atoms with E-state index in [9.17, 15) is 14.4 Å². The van der Waals surface area contributed by atoms with E-state index in [1.54, 1.807) is 0 Å². The molecule has 0 atom stereocenters. The van der Waals surface area contributed by atoms with Crippen LogP contribution < -0.4 is 5.48 Å². The molecule has 6 nitrogen and oxygen atoms in total. The Bertz CT molecular complexity index is 283. The summed E-state index contributed by atoms with van der Waals surface area (Å²) in [5.74, 6) is 0.100. The molecule has 0 fully saturated rings. The Hall–Kier alpha value is -1.08. The van der Waals surface area contributed by atoms with Crippen LogP contribution in [0.15, 0.2) is 0 Å². The van der Waals surface area contributed by atoms with E-state index in [1.807, 2.05) is 5.48 Å². The van der Waals surface area contributed by atoms with Crippen molar-refractivity contribution in [1.29, 1.82) is 0 Å². The summed E-state index contributed by atoms with van der Waals surface area (Å²) in [4.78, 5) is 39.2. The number of aldehydes is 1. The van der Waals surface area contributed by atoms with E-state index < -0.39 is 11.9 Å². The maximum Gasteiger partial charge on any atom is 0.342 e. The van der Waals surface area contributed by atoms with Crippen molar-refractivity contribution in [2.75, 3.05) is 31.1 Å². The molecule has 1 amide bonds. The molecule has 0 aliphatic carbocycles. The lowest BCUT2D eigenvalue weighted by Crippen LogP contribution is -2.28. The normalized spacial score (nSPS) is 10.3. The Morgan fingerprint density at radius 1 is 1.32 bits per heavy atom. The van der Waals surface area contributed by atoms with E-state index in [0.29, 0.717) is 6.29 Å². The van der Waals surface area contributed by atoms with E-state index in [0.717, 1.165) is 25.4 Å². The molecule has 1 N–H and O–H groups in total. The fourth-order valence-corrected chi connectivity index (χ4v) is 2.03. The first kappa shape index (κ1) is 17.9. The second-order valence-corrected chi connectivity index (χ2v) is 4.89. The maximum atomic E-state index is 11.3. The number of hydrogen-bond donors (Lipinski definition) is 1. The molecule has 0 aromatic carbocycles. The molecule has 0 aliphatic heterocycles. The Morgan fingerprint density at radius 3 is 2.58 bits per heavy atom. The average Bonchev–Trinajstić information content (AvgIpc) is 2.43. The summed E-state index contributed by atoms with van der Waals surface area (Å²) in [5, 5.41) is 0. The van der Waals surface area contributed by atoms with Gasteiger partial charge in [0.1, 0.15) is 6.29 Å². The van der Waals surface area contributed by atoms with Gasteiger partial charge in [-0.25, -0.2) is 4.79 Å². The lowest BCUT2D eigenvalue weighted by Gasteiger charge is -2.16. The van der Waals surface area contributed by atoms with Gasteiger partial charge in [0, 0.05) is 25.1 Å². The van der Waals surface area contributed by atoms with Crippen molar-refractivity contribution in [2.45, 2.75) is 26.7 Å². The van der Waals surface area contributed by atoms with E-state index in [4.69, 9.17) is 0 Å². The van der Waals surface area contributed by atoms with Crippen LogP contribution in [0.4, 0.5) is 0 Å². The van der Waals surface area contributed by atoms with Crippen molar-refractivity contribution in [3.05, 3.63) is 0 Å². The van der Waals surface area contributed by atoms with Crippen LogP contribution >= 0.6 is 11.8 Å². The summed E-state index contributed by atoms with van der Waals surface area (Å²) in [7, 11) is 0. The van der Waals surface area contributed by atoms with Gasteiger partial charge >= 0.3 is 5.97 Å². The van der Waals surface area contributed by atoms with E-state index in [2.05, 4.69) is 23.6 Å². The van der Waals surface area contributed by atoms with Crippen molar-refractivity contribution in [1.82, 2.24) is 10.4 Å². The zero-order valence-corrected chi connectivity index (χ0v) is 12.3. The number of hydrogen-bond acceptors (Lipinski definition) is 6. The zero-order chi connectivity index (χ0) is 14.5. The van der Waals surface area contributed by atoms with Crippen LogP contribution in [0.1, 0.15) is 26.7 Å². The molecule has 0 radical (unpaired) electrons. The van der Waals surface area contributed by atoms with E-state index in [-0.39, 0.29) is 18.6 Å². The molecule has 7 heteroatoms. The minimum absolute atomic E-state index is 0.0336. The number of amides is 1. The molecule has 0 spiro atoms. The summed E-state index contributed by atoms with van der Waals surface area (Å²) in [5.41, 5.74) is 2.02. The molecule has 0 rings (SSSR count). The Balaban J connectivity index is 3.54. The van der Waals surface area contributed by atoms with E-state index in [1.165, 1.54) is 11.8 Å². The second kappa shape index (κ2) is 12.0. The summed E-state index contributed by atoms with van der Waals surface area (Å²) < 4.78 is 0. The SMILES string of the molecule is CCN(CC)CCSCC(=O)ONC(=O)CCC=O. The largest absolute Gasteiger partial charge is 0.342 e. The highest BCUT2D eigenvalue weighted by molar-refractivity contribution is 7.99. The lowest BCUT2D eigenvalue weighted by molar-refractivity contribution is -0.155. The number of nitrogens with zero attached hydrogens (tertiary/aromatic N) is 1. The molecule has 0 aromatic rings. The fraction of sp³-hybridized carbons (Fsp3) is 0.750. The monoisotopic (exact) mass is 290 g/mol. The Kier molecular flexibility index (Phi) is 11.3. The number of carbonyl (C=O) groups excluding carboxylic acids is 3. The van der Waals surface area contributed by atoms with Crippen LogP contribution in [0, 0.1) is 0 Å². The summed E-state index contributed by atoms with van der Waals surface area (Å²) in [6, 6.07) is 0. The van der Waals surface area contributed by atoms with Gasteiger partial charge in [-0.05, 0) is 13.1 Å². The van der Waals surface area contributed by atoms with Gasteiger partial charge in [-0.2, -0.15) is 5.48 Å². The van der Waals surface area contributed by atoms with Gasteiger partial charge in [-0.1, -0.05) is 13.8 Å². The second-order valence-electron chi connectivity index (χ2n) is 3.78.